The van der Waals surface area contributed by atoms with Crippen molar-refractivity contribution in [3.05, 3.63) is 45.3 Å². The van der Waals surface area contributed by atoms with Crippen LogP contribution in [0, 0.1) is 0 Å². The lowest BCUT2D eigenvalue weighted by atomic mass is 10.1. The summed E-state index contributed by atoms with van der Waals surface area (Å²) in [5.74, 6) is -0.457. The number of azide groups is 1. The first-order valence-corrected chi connectivity index (χ1v) is 5.82. The number of hydrogen-bond acceptors (Lipinski definition) is 3. The maximum Gasteiger partial charge on any atom is 0.239 e. The maximum atomic E-state index is 11.3. The Morgan fingerprint density at radius 1 is 1.50 bits per heavy atom. The van der Waals surface area contributed by atoms with Crippen LogP contribution in [0.1, 0.15) is 18.0 Å². The van der Waals surface area contributed by atoms with E-state index >= 15 is 0 Å². The van der Waals surface area contributed by atoms with Crippen molar-refractivity contribution >= 4 is 17.5 Å². The molecule has 0 bridgehead atoms. The van der Waals surface area contributed by atoms with Crippen molar-refractivity contribution in [1.82, 2.24) is 5.32 Å². The summed E-state index contributed by atoms with van der Waals surface area (Å²) in [6.45, 7) is 0.921. The summed E-state index contributed by atoms with van der Waals surface area (Å²) in [4.78, 5) is 14.0. The van der Waals surface area contributed by atoms with E-state index in [1.54, 1.807) is 24.3 Å². The van der Waals surface area contributed by atoms with Crippen LogP contribution in [-0.4, -0.2) is 19.0 Å². The van der Waals surface area contributed by atoms with Gasteiger partial charge in [-0.2, -0.15) is 0 Å². The number of amides is 1. The second-order valence-electron chi connectivity index (χ2n) is 3.65. The van der Waals surface area contributed by atoms with Crippen LogP contribution in [-0.2, 0) is 4.79 Å². The van der Waals surface area contributed by atoms with Crippen LogP contribution in [0.15, 0.2) is 29.4 Å². The molecule has 0 aromatic heterocycles. The molecule has 7 heteroatoms. The third kappa shape index (κ3) is 4.63. The molecule has 0 aliphatic rings. The molecular formula is C11H14ClN5O. The minimum atomic E-state index is -0.562. The predicted octanol–water partition coefficient (Wildman–Crippen LogP) is 2.16. The molecule has 1 amide bonds. The molecule has 3 N–H and O–H groups in total. The molecule has 96 valence electrons. The summed E-state index contributed by atoms with van der Waals surface area (Å²) in [6.07, 6.45) is 0.640. The molecule has 0 spiro atoms. The van der Waals surface area contributed by atoms with Gasteiger partial charge in [0.15, 0.2) is 0 Å². The van der Waals surface area contributed by atoms with Crippen LogP contribution >= 0.6 is 11.6 Å². The predicted molar refractivity (Wildman–Crippen MR) is 70.0 cm³/mol. The standard InChI is InChI=1S/C11H14ClN5O/c12-9-4-2-8(3-5-9)10(11(13)18)15-6-1-7-16-17-14/h2-5,10,15H,1,6-7H2,(H2,13,18). The Kier molecular flexibility index (Phi) is 6.00. The van der Waals surface area contributed by atoms with Gasteiger partial charge in [-0.25, -0.2) is 0 Å². The summed E-state index contributed by atoms with van der Waals surface area (Å²) in [6, 6.07) is 6.34. The second-order valence-corrected chi connectivity index (χ2v) is 4.09. The number of rotatable bonds is 7. The molecule has 18 heavy (non-hydrogen) atoms. The van der Waals surface area contributed by atoms with Gasteiger partial charge in [0.05, 0.1) is 0 Å². The van der Waals surface area contributed by atoms with E-state index in [-0.39, 0.29) is 0 Å². The zero-order chi connectivity index (χ0) is 13.4. The SMILES string of the molecule is [N-]=[N+]=NCCCNC(C(N)=O)c1ccc(Cl)cc1. The number of nitrogens with one attached hydrogen (secondary N) is 1. The van der Waals surface area contributed by atoms with Gasteiger partial charge in [-0.15, -0.1) is 0 Å². The highest BCUT2D eigenvalue weighted by Crippen LogP contribution is 2.16. The number of carbonyl (C=O) groups excluding carboxylic acids is 1. The van der Waals surface area contributed by atoms with Gasteiger partial charge in [0.25, 0.3) is 0 Å². The van der Waals surface area contributed by atoms with Crippen molar-refractivity contribution < 1.29 is 4.79 Å². The van der Waals surface area contributed by atoms with E-state index in [1.807, 2.05) is 0 Å². The molecule has 1 atom stereocenters. The zero-order valence-corrected chi connectivity index (χ0v) is 10.5. The minimum absolute atomic E-state index is 0.385. The van der Waals surface area contributed by atoms with Gasteiger partial charge < -0.3 is 11.1 Å². The van der Waals surface area contributed by atoms with E-state index in [0.717, 1.165) is 5.56 Å². The van der Waals surface area contributed by atoms with Crippen molar-refractivity contribution in [3.63, 3.8) is 0 Å². The van der Waals surface area contributed by atoms with Gasteiger partial charge in [-0.05, 0) is 36.2 Å². The normalized spacial score (nSPS) is 11.6. The van der Waals surface area contributed by atoms with Gasteiger partial charge in [-0.3, -0.25) is 4.79 Å². The fourth-order valence-electron chi connectivity index (χ4n) is 1.48. The summed E-state index contributed by atoms with van der Waals surface area (Å²) in [7, 11) is 0. The van der Waals surface area contributed by atoms with Gasteiger partial charge in [0, 0.05) is 16.5 Å². The lowest BCUT2D eigenvalue weighted by molar-refractivity contribution is -0.120. The molecule has 0 radical (unpaired) electrons. The zero-order valence-electron chi connectivity index (χ0n) is 9.71. The fraction of sp³-hybridized carbons (Fsp3) is 0.364. The molecule has 0 aliphatic carbocycles. The number of nitrogens with two attached hydrogens (primary N) is 1. The highest BCUT2D eigenvalue weighted by Gasteiger charge is 2.16. The minimum Gasteiger partial charge on any atom is -0.368 e. The van der Waals surface area contributed by atoms with E-state index in [1.165, 1.54) is 0 Å². The Hall–Kier alpha value is -1.75. The number of benzene rings is 1. The molecule has 0 saturated carbocycles. The largest absolute Gasteiger partial charge is 0.368 e. The van der Waals surface area contributed by atoms with Crippen LogP contribution in [0.3, 0.4) is 0 Å². The Balaban J connectivity index is 2.57. The maximum absolute atomic E-state index is 11.3. The molecular weight excluding hydrogens is 254 g/mol. The Labute approximate surface area is 110 Å². The average molecular weight is 268 g/mol. The van der Waals surface area contributed by atoms with Gasteiger partial charge in [0.2, 0.25) is 5.91 Å². The lowest BCUT2D eigenvalue weighted by Gasteiger charge is -2.15. The highest BCUT2D eigenvalue weighted by molar-refractivity contribution is 6.30. The summed E-state index contributed by atoms with van der Waals surface area (Å²) >= 11 is 5.77. The van der Waals surface area contributed by atoms with Crippen LogP contribution in [0.2, 0.25) is 5.02 Å². The van der Waals surface area contributed by atoms with Crippen LogP contribution in [0.25, 0.3) is 10.4 Å². The first kappa shape index (κ1) is 14.3. The van der Waals surface area contributed by atoms with Crippen LogP contribution in [0.5, 0.6) is 0 Å². The Bertz CT molecular complexity index is 441. The molecule has 1 unspecified atom stereocenters. The average Bonchev–Trinajstić information content (AvgIpc) is 2.35. The van der Waals surface area contributed by atoms with Crippen LogP contribution in [0.4, 0.5) is 0 Å². The number of halogens is 1. The Morgan fingerprint density at radius 2 is 2.17 bits per heavy atom. The van der Waals surface area contributed by atoms with E-state index < -0.39 is 11.9 Å². The summed E-state index contributed by atoms with van der Waals surface area (Å²) < 4.78 is 0. The third-order valence-corrected chi connectivity index (χ3v) is 2.59. The molecule has 1 rings (SSSR count). The Morgan fingerprint density at radius 3 is 2.72 bits per heavy atom. The number of nitrogens with zero attached hydrogens (tertiary/aromatic N) is 3. The molecule has 0 heterocycles. The topological polar surface area (TPSA) is 104 Å². The van der Waals surface area contributed by atoms with Crippen molar-refractivity contribution in [2.75, 3.05) is 13.1 Å². The van der Waals surface area contributed by atoms with Gasteiger partial charge in [-0.1, -0.05) is 28.8 Å². The van der Waals surface area contributed by atoms with Crippen molar-refractivity contribution in [2.45, 2.75) is 12.5 Å². The van der Waals surface area contributed by atoms with E-state index in [4.69, 9.17) is 22.9 Å². The molecule has 0 aliphatic heterocycles. The molecule has 1 aromatic carbocycles. The molecule has 6 nitrogen and oxygen atoms in total. The van der Waals surface area contributed by atoms with E-state index in [9.17, 15) is 4.79 Å². The number of carbonyl (C=O) groups is 1. The van der Waals surface area contributed by atoms with E-state index in [2.05, 4.69) is 15.3 Å². The van der Waals surface area contributed by atoms with Gasteiger partial charge >= 0.3 is 0 Å². The second kappa shape index (κ2) is 7.55. The molecule has 0 saturated heterocycles. The molecule has 0 fully saturated rings. The first-order chi connectivity index (χ1) is 8.65. The highest BCUT2D eigenvalue weighted by atomic mass is 35.5. The number of hydrogen-bond donors (Lipinski definition) is 2. The molecule has 1 aromatic rings. The lowest BCUT2D eigenvalue weighted by Crippen LogP contribution is -2.34. The quantitative estimate of drug-likeness (QED) is 0.342. The van der Waals surface area contributed by atoms with Crippen molar-refractivity contribution in [2.24, 2.45) is 10.8 Å². The number of primary amides is 1. The van der Waals surface area contributed by atoms with Gasteiger partial charge in [0.1, 0.15) is 6.04 Å². The first-order valence-electron chi connectivity index (χ1n) is 5.44. The smallest absolute Gasteiger partial charge is 0.239 e. The summed E-state index contributed by atoms with van der Waals surface area (Å²) in [5, 5.41) is 7.02. The third-order valence-electron chi connectivity index (χ3n) is 2.33. The van der Waals surface area contributed by atoms with Crippen molar-refractivity contribution in [3.8, 4) is 0 Å². The monoisotopic (exact) mass is 267 g/mol. The van der Waals surface area contributed by atoms with Crippen LogP contribution < -0.4 is 11.1 Å². The van der Waals surface area contributed by atoms with Crippen molar-refractivity contribution in [1.29, 1.82) is 0 Å². The summed E-state index contributed by atoms with van der Waals surface area (Å²) in [5.41, 5.74) is 14.2. The van der Waals surface area contributed by atoms with E-state index in [0.29, 0.717) is 24.5 Å². The fourth-order valence-corrected chi connectivity index (χ4v) is 1.60.